The van der Waals surface area contributed by atoms with Crippen molar-refractivity contribution in [2.75, 3.05) is 31.1 Å². The molecule has 0 atom stereocenters. The van der Waals surface area contributed by atoms with Gasteiger partial charge in [-0.25, -0.2) is 19.2 Å². The van der Waals surface area contributed by atoms with E-state index >= 15 is 0 Å². The summed E-state index contributed by atoms with van der Waals surface area (Å²) in [5.74, 6) is -2.04. The summed E-state index contributed by atoms with van der Waals surface area (Å²) in [6.07, 6.45) is 2.17. The quantitative estimate of drug-likeness (QED) is 0.734. The number of piperidine rings is 1. The Morgan fingerprint density at radius 3 is 2.26 bits per heavy atom. The fourth-order valence-corrected chi connectivity index (χ4v) is 4.05. The van der Waals surface area contributed by atoms with Gasteiger partial charge in [0.15, 0.2) is 0 Å². The molecule has 2 fully saturated rings. The Balaban J connectivity index is 0.000000339. The number of aromatic nitrogens is 2. The van der Waals surface area contributed by atoms with Crippen LogP contribution in [-0.4, -0.2) is 58.3 Å². The van der Waals surface area contributed by atoms with Crippen LogP contribution in [0.15, 0.2) is 42.7 Å². The zero-order valence-corrected chi connectivity index (χ0v) is 16.9. The Hall–Kier alpha value is -2.75. The number of aliphatic carboxylic acids is 1. The zero-order chi connectivity index (χ0) is 22.5. The van der Waals surface area contributed by atoms with E-state index in [0.717, 1.165) is 44.2 Å². The SMILES string of the molecule is Fc1cccc(CN2CCC3(CC2)CCN(c2ncccn2)C3)c1.O=C(O)C(F)(F)F. The molecule has 2 aliphatic rings. The Morgan fingerprint density at radius 1 is 1.06 bits per heavy atom. The molecule has 0 bridgehead atoms. The Bertz CT molecular complexity index is 871. The first-order valence-corrected chi connectivity index (χ1v) is 9.96. The third-order valence-corrected chi connectivity index (χ3v) is 5.73. The number of likely N-dealkylation sites (tertiary alicyclic amines) is 1. The van der Waals surface area contributed by atoms with Crippen LogP contribution in [0.3, 0.4) is 0 Å². The lowest BCUT2D eigenvalue weighted by atomic mass is 9.77. The van der Waals surface area contributed by atoms with E-state index in [1.165, 1.54) is 25.3 Å². The van der Waals surface area contributed by atoms with Crippen molar-refractivity contribution in [2.45, 2.75) is 32.0 Å². The van der Waals surface area contributed by atoms with Crippen molar-refractivity contribution in [3.8, 4) is 0 Å². The zero-order valence-electron chi connectivity index (χ0n) is 16.9. The van der Waals surface area contributed by atoms with Crippen molar-refractivity contribution in [1.82, 2.24) is 14.9 Å². The standard InChI is InChI=1S/C19H23FN4.C2HF3O2/c20-17-4-1-3-16(13-17)14-23-10-5-19(6-11-23)7-12-24(15-19)18-21-8-2-9-22-18;3-2(4,5)1(6)7/h1-4,8-9,13H,5-7,10-12,14-15H2;(H,6,7). The molecule has 4 rings (SSSR count). The summed E-state index contributed by atoms with van der Waals surface area (Å²) in [5.41, 5.74) is 1.47. The van der Waals surface area contributed by atoms with Crippen LogP contribution in [-0.2, 0) is 11.3 Å². The molecule has 0 aliphatic carbocycles. The highest BCUT2D eigenvalue weighted by Gasteiger charge is 2.41. The minimum absolute atomic E-state index is 0.143. The molecule has 0 radical (unpaired) electrons. The highest BCUT2D eigenvalue weighted by Crippen LogP contribution is 2.41. The molecule has 0 amide bonds. The van der Waals surface area contributed by atoms with Gasteiger partial charge >= 0.3 is 12.1 Å². The van der Waals surface area contributed by atoms with Gasteiger partial charge in [0.05, 0.1) is 0 Å². The highest BCUT2D eigenvalue weighted by atomic mass is 19.4. The Morgan fingerprint density at radius 2 is 1.68 bits per heavy atom. The van der Waals surface area contributed by atoms with Crippen molar-refractivity contribution in [3.63, 3.8) is 0 Å². The number of alkyl halides is 3. The number of hydrogen-bond donors (Lipinski definition) is 1. The molecule has 0 saturated carbocycles. The summed E-state index contributed by atoms with van der Waals surface area (Å²) in [4.78, 5) is 22.4. The van der Waals surface area contributed by atoms with E-state index in [1.807, 2.05) is 24.5 Å². The van der Waals surface area contributed by atoms with Gasteiger partial charge in [0.2, 0.25) is 5.95 Å². The van der Waals surface area contributed by atoms with E-state index in [2.05, 4.69) is 19.8 Å². The Kier molecular flexibility index (Phi) is 7.09. The number of carboxylic acids is 1. The molecule has 1 aromatic heterocycles. The lowest BCUT2D eigenvalue weighted by Gasteiger charge is -2.39. The summed E-state index contributed by atoms with van der Waals surface area (Å²) < 4.78 is 45.1. The molecule has 6 nitrogen and oxygen atoms in total. The van der Waals surface area contributed by atoms with E-state index < -0.39 is 12.1 Å². The fourth-order valence-electron chi connectivity index (χ4n) is 4.05. The van der Waals surface area contributed by atoms with Crippen molar-refractivity contribution in [3.05, 3.63) is 54.1 Å². The topological polar surface area (TPSA) is 69.6 Å². The predicted octanol–water partition coefficient (Wildman–Crippen LogP) is 3.74. The molecule has 2 aliphatic heterocycles. The van der Waals surface area contributed by atoms with Gasteiger partial charge in [-0.15, -0.1) is 0 Å². The van der Waals surface area contributed by atoms with E-state index in [-0.39, 0.29) is 5.82 Å². The van der Waals surface area contributed by atoms with Crippen LogP contribution in [0.1, 0.15) is 24.8 Å². The number of carboxylic acid groups (broad SMARTS) is 1. The molecular formula is C21H24F4N4O2. The molecule has 1 N–H and O–H groups in total. The number of benzene rings is 1. The van der Waals surface area contributed by atoms with Crippen LogP contribution in [0.5, 0.6) is 0 Å². The van der Waals surface area contributed by atoms with Gasteiger partial charge < -0.3 is 10.0 Å². The smallest absolute Gasteiger partial charge is 0.475 e. The number of anilines is 1. The maximum Gasteiger partial charge on any atom is 0.490 e. The van der Waals surface area contributed by atoms with Gasteiger partial charge in [-0.1, -0.05) is 12.1 Å². The van der Waals surface area contributed by atoms with Gasteiger partial charge in [-0.05, 0) is 61.5 Å². The second-order valence-corrected chi connectivity index (χ2v) is 7.93. The molecule has 2 saturated heterocycles. The van der Waals surface area contributed by atoms with Crippen molar-refractivity contribution in [1.29, 1.82) is 0 Å². The largest absolute Gasteiger partial charge is 0.490 e. The molecule has 10 heteroatoms. The van der Waals surface area contributed by atoms with Gasteiger partial charge in [-0.3, -0.25) is 4.90 Å². The number of nitrogens with zero attached hydrogens (tertiary/aromatic N) is 4. The Labute approximate surface area is 177 Å². The van der Waals surface area contributed by atoms with Gasteiger partial charge in [0.25, 0.3) is 0 Å². The van der Waals surface area contributed by atoms with E-state index in [0.29, 0.717) is 5.41 Å². The minimum atomic E-state index is -5.08. The molecule has 168 valence electrons. The minimum Gasteiger partial charge on any atom is -0.475 e. The van der Waals surface area contributed by atoms with Crippen LogP contribution >= 0.6 is 0 Å². The first kappa shape index (κ1) is 22.9. The molecule has 1 aromatic carbocycles. The molecule has 1 spiro atoms. The number of hydrogen-bond acceptors (Lipinski definition) is 5. The van der Waals surface area contributed by atoms with E-state index in [9.17, 15) is 17.6 Å². The first-order chi connectivity index (χ1) is 14.7. The maximum absolute atomic E-state index is 13.3. The summed E-state index contributed by atoms with van der Waals surface area (Å²) in [6, 6.07) is 8.82. The molecule has 31 heavy (non-hydrogen) atoms. The van der Waals surface area contributed by atoms with Crippen LogP contribution in [0.4, 0.5) is 23.5 Å². The number of carbonyl (C=O) groups is 1. The monoisotopic (exact) mass is 440 g/mol. The van der Waals surface area contributed by atoms with Gasteiger partial charge in [0.1, 0.15) is 5.82 Å². The third kappa shape index (κ3) is 6.36. The predicted molar refractivity (Wildman–Crippen MR) is 106 cm³/mol. The lowest BCUT2D eigenvalue weighted by molar-refractivity contribution is -0.192. The highest BCUT2D eigenvalue weighted by molar-refractivity contribution is 5.73. The summed E-state index contributed by atoms with van der Waals surface area (Å²) in [5, 5.41) is 7.12. The van der Waals surface area contributed by atoms with Crippen LogP contribution < -0.4 is 4.90 Å². The summed E-state index contributed by atoms with van der Waals surface area (Å²) in [6.45, 7) is 5.12. The first-order valence-electron chi connectivity index (χ1n) is 9.96. The van der Waals surface area contributed by atoms with E-state index in [1.54, 1.807) is 12.1 Å². The second kappa shape index (κ2) is 9.59. The van der Waals surface area contributed by atoms with Crippen LogP contribution in [0.2, 0.25) is 0 Å². The average molecular weight is 440 g/mol. The normalized spacial score (nSPS) is 18.5. The molecular weight excluding hydrogens is 416 g/mol. The van der Waals surface area contributed by atoms with Crippen molar-refractivity contribution in [2.24, 2.45) is 5.41 Å². The second-order valence-electron chi connectivity index (χ2n) is 7.93. The molecule has 2 aromatic rings. The van der Waals surface area contributed by atoms with Crippen molar-refractivity contribution < 1.29 is 27.5 Å². The third-order valence-electron chi connectivity index (χ3n) is 5.73. The summed E-state index contributed by atoms with van der Waals surface area (Å²) in [7, 11) is 0. The maximum atomic E-state index is 13.3. The lowest BCUT2D eigenvalue weighted by Crippen LogP contribution is -2.41. The average Bonchev–Trinajstić information content (AvgIpc) is 3.14. The summed E-state index contributed by atoms with van der Waals surface area (Å²) >= 11 is 0. The molecule has 3 heterocycles. The van der Waals surface area contributed by atoms with Gasteiger partial charge in [-0.2, -0.15) is 13.2 Å². The van der Waals surface area contributed by atoms with Gasteiger partial charge in [0, 0.05) is 32.0 Å². The van der Waals surface area contributed by atoms with E-state index in [4.69, 9.17) is 9.90 Å². The number of rotatable bonds is 3. The number of halogens is 4. The van der Waals surface area contributed by atoms with Crippen LogP contribution in [0.25, 0.3) is 0 Å². The van der Waals surface area contributed by atoms with Crippen molar-refractivity contribution >= 4 is 11.9 Å². The fraction of sp³-hybridized carbons (Fsp3) is 0.476. The molecule has 0 unspecified atom stereocenters. The van der Waals surface area contributed by atoms with Crippen LogP contribution in [0, 0.1) is 11.2 Å².